The Bertz CT molecular complexity index is 662. The lowest BCUT2D eigenvalue weighted by Gasteiger charge is -2.09. The number of rotatable bonds is 4. The molecule has 0 amide bonds. The van der Waals surface area contributed by atoms with E-state index in [9.17, 15) is 0 Å². The monoisotopic (exact) mass is 431 g/mol. The van der Waals surface area contributed by atoms with Gasteiger partial charge in [-0.2, -0.15) is 0 Å². The zero-order valence-electron chi connectivity index (χ0n) is 12.5. The normalized spacial score (nSPS) is 10.8. The SMILES string of the molecule is COc1ccc(NC(N)=NCc2ccccc2C)cc1Cl.I. The van der Waals surface area contributed by atoms with Crippen LogP contribution in [0.4, 0.5) is 5.69 Å². The summed E-state index contributed by atoms with van der Waals surface area (Å²) in [6.45, 7) is 2.59. The third-order valence-corrected chi connectivity index (χ3v) is 3.40. The van der Waals surface area contributed by atoms with Crippen molar-refractivity contribution in [3.63, 3.8) is 0 Å². The Labute approximate surface area is 152 Å². The molecule has 3 N–H and O–H groups in total. The van der Waals surface area contributed by atoms with Crippen LogP contribution in [-0.2, 0) is 6.54 Å². The summed E-state index contributed by atoms with van der Waals surface area (Å²) >= 11 is 6.06. The summed E-state index contributed by atoms with van der Waals surface area (Å²) in [6, 6.07) is 13.4. The van der Waals surface area contributed by atoms with E-state index in [2.05, 4.69) is 23.3 Å². The van der Waals surface area contributed by atoms with Crippen LogP contribution in [0.1, 0.15) is 11.1 Å². The zero-order chi connectivity index (χ0) is 15.2. The number of hydrogen-bond donors (Lipinski definition) is 2. The molecular weight excluding hydrogens is 413 g/mol. The maximum Gasteiger partial charge on any atom is 0.193 e. The van der Waals surface area contributed by atoms with Crippen LogP contribution in [0.3, 0.4) is 0 Å². The lowest BCUT2D eigenvalue weighted by Crippen LogP contribution is -2.22. The van der Waals surface area contributed by atoms with Crippen LogP contribution < -0.4 is 15.8 Å². The van der Waals surface area contributed by atoms with Crippen LogP contribution >= 0.6 is 35.6 Å². The topological polar surface area (TPSA) is 59.6 Å². The van der Waals surface area contributed by atoms with Gasteiger partial charge in [0.1, 0.15) is 5.75 Å². The van der Waals surface area contributed by atoms with Gasteiger partial charge < -0.3 is 15.8 Å². The highest BCUT2D eigenvalue weighted by atomic mass is 127. The number of aliphatic imine (C=N–C) groups is 1. The van der Waals surface area contributed by atoms with E-state index in [1.54, 1.807) is 19.2 Å². The lowest BCUT2D eigenvalue weighted by molar-refractivity contribution is 0.415. The molecule has 4 nitrogen and oxygen atoms in total. The number of halogens is 2. The number of guanidine groups is 1. The van der Waals surface area contributed by atoms with Crippen LogP contribution in [0.25, 0.3) is 0 Å². The Hall–Kier alpha value is -1.47. The highest BCUT2D eigenvalue weighted by Crippen LogP contribution is 2.27. The first-order valence-electron chi connectivity index (χ1n) is 6.55. The van der Waals surface area contributed by atoms with Crippen molar-refractivity contribution in [1.82, 2.24) is 0 Å². The van der Waals surface area contributed by atoms with Gasteiger partial charge in [-0.05, 0) is 36.2 Å². The van der Waals surface area contributed by atoms with Gasteiger partial charge in [0.25, 0.3) is 0 Å². The molecule has 2 aromatic rings. The molecule has 2 rings (SSSR count). The van der Waals surface area contributed by atoms with E-state index in [-0.39, 0.29) is 24.0 Å². The second kappa shape index (κ2) is 8.85. The fraction of sp³-hybridized carbons (Fsp3) is 0.188. The smallest absolute Gasteiger partial charge is 0.193 e. The molecule has 0 saturated carbocycles. The highest BCUT2D eigenvalue weighted by molar-refractivity contribution is 14.0. The average Bonchev–Trinajstić information content (AvgIpc) is 2.46. The summed E-state index contributed by atoms with van der Waals surface area (Å²) < 4.78 is 5.10. The van der Waals surface area contributed by atoms with Crippen molar-refractivity contribution in [1.29, 1.82) is 0 Å². The molecule has 0 heterocycles. The summed E-state index contributed by atoms with van der Waals surface area (Å²) in [4.78, 5) is 4.33. The molecule has 118 valence electrons. The summed E-state index contributed by atoms with van der Waals surface area (Å²) in [5.74, 6) is 0.970. The number of nitrogens with zero attached hydrogens (tertiary/aromatic N) is 1. The maximum atomic E-state index is 6.06. The van der Waals surface area contributed by atoms with Crippen LogP contribution in [0.5, 0.6) is 5.75 Å². The number of aryl methyl sites for hydroxylation is 1. The molecule has 0 aliphatic heterocycles. The lowest BCUT2D eigenvalue weighted by atomic mass is 10.1. The first-order valence-corrected chi connectivity index (χ1v) is 6.93. The van der Waals surface area contributed by atoms with Crippen molar-refractivity contribution < 1.29 is 4.74 Å². The molecular formula is C16H19ClIN3O. The van der Waals surface area contributed by atoms with Gasteiger partial charge in [-0.25, -0.2) is 4.99 Å². The molecule has 0 fully saturated rings. The van der Waals surface area contributed by atoms with Gasteiger partial charge in [0, 0.05) is 5.69 Å². The van der Waals surface area contributed by atoms with Gasteiger partial charge in [-0.1, -0.05) is 35.9 Å². The van der Waals surface area contributed by atoms with Crippen LogP contribution in [0.15, 0.2) is 47.5 Å². The summed E-state index contributed by atoms with van der Waals surface area (Å²) in [5.41, 5.74) is 9.00. The average molecular weight is 432 g/mol. The number of ether oxygens (including phenoxy) is 1. The standard InChI is InChI=1S/C16H18ClN3O.HI/c1-11-5-3-4-6-12(11)10-19-16(18)20-13-7-8-15(21-2)14(17)9-13;/h3-9H,10H2,1-2H3,(H3,18,19,20);1H. The Morgan fingerprint density at radius 3 is 2.64 bits per heavy atom. The molecule has 2 aromatic carbocycles. The number of nitrogens with two attached hydrogens (primary N) is 1. The van der Waals surface area contributed by atoms with Gasteiger partial charge in [-0.15, -0.1) is 24.0 Å². The van der Waals surface area contributed by atoms with Crippen molar-refractivity contribution in [3.05, 3.63) is 58.6 Å². The van der Waals surface area contributed by atoms with Crippen LogP contribution in [0.2, 0.25) is 5.02 Å². The van der Waals surface area contributed by atoms with Gasteiger partial charge in [0.05, 0.1) is 18.7 Å². The Morgan fingerprint density at radius 1 is 1.27 bits per heavy atom. The van der Waals surface area contributed by atoms with Crippen LogP contribution in [0, 0.1) is 6.92 Å². The molecule has 0 spiro atoms. The number of hydrogen-bond acceptors (Lipinski definition) is 2. The Kier molecular flexibility index (Phi) is 7.47. The van der Waals surface area contributed by atoms with E-state index in [1.165, 1.54) is 5.56 Å². The van der Waals surface area contributed by atoms with E-state index in [0.717, 1.165) is 11.3 Å². The minimum absolute atomic E-state index is 0. The third kappa shape index (κ3) is 5.06. The third-order valence-electron chi connectivity index (χ3n) is 3.11. The summed E-state index contributed by atoms with van der Waals surface area (Å²) in [6.07, 6.45) is 0. The van der Waals surface area contributed by atoms with E-state index in [4.69, 9.17) is 22.1 Å². The summed E-state index contributed by atoms with van der Waals surface area (Å²) in [7, 11) is 1.58. The molecule has 0 unspecified atom stereocenters. The van der Waals surface area contributed by atoms with Gasteiger partial charge in [0.15, 0.2) is 5.96 Å². The van der Waals surface area contributed by atoms with Gasteiger partial charge >= 0.3 is 0 Å². The Morgan fingerprint density at radius 2 is 2.00 bits per heavy atom. The fourth-order valence-corrected chi connectivity index (χ4v) is 2.15. The predicted octanol–water partition coefficient (Wildman–Crippen LogP) is 4.20. The number of nitrogens with one attached hydrogen (secondary N) is 1. The largest absolute Gasteiger partial charge is 0.495 e. The van der Waals surface area contributed by atoms with Gasteiger partial charge in [0.2, 0.25) is 0 Å². The fourth-order valence-electron chi connectivity index (χ4n) is 1.89. The first-order chi connectivity index (χ1) is 10.1. The predicted molar refractivity (Wildman–Crippen MR) is 104 cm³/mol. The zero-order valence-corrected chi connectivity index (χ0v) is 15.6. The van der Waals surface area contributed by atoms with Crippen molar-refractivity contribution in [2.45, 2.75) is 13.5 Å². The summed E-state index contributed by atoms with van der Waals surface area (Å²) in [5, 5.41) is 3.53. The van der Waals surface area contributed by atoms with Crippen molar-refractivity contribution in [2.24, 2.45) is 10.7 Å². The van der Waals surface area contributed by atoms with E-state index < -0.39 is 0 Å². The Balaban J connectivity index is 0.00000242. The van der Waals surface area contributed by atoms with Crippen LogP contribution in [-0.4, -0.2) is 13.1 Å². The molecule has 0 saturated heterocycles. The molecule has 0 bridgehead atoms. The molecule has 0 aliphatic carbocycles. The molecule has 6 heteroatoms. The van der Waals surface area contributed by atoms with Crippen molar-refractivity contribution >= 4 is 47.2 Å². The van der Waals surface area contributed by atoms with E-state index in [1.807, 2.05) is 24.3 Å². The number of benzene rings is 2. The number of methoxy groups -OCH3 is 1. The molecule has 0 atom stereocenters. The van der Waals surface area contributed by atoms with E-state index >= 15 is 0 Å². The maximum absolute atomic E-state index is 6.06. The van der Waals surface area contributed by atoms with Gasteiger partial charge in [-0.3, -0.25) is 0 Å². The molecule has 0 aliphatic rings. The van der Waals surface area contributed by atoms with E-state index in [0.29, 0.717) is 23.3 Å². The quantitative estimate of drug-likeness (QED) is 0.433. The first kappa shape index (κ1) is 18.6. The highest BCUT2D eigenvalue weighted by Gasteiger charge is 2.03. The molecule has 22 heavy (non-hydrogen) atoms. The number of anilines is 1. The van der Waals surface area contributed by atoms with Crippen molar-refractivity contribution in [2.75, 3.05) is 12.4 Å². The molecule has 0 radical (unpaired) electrons. The molecule has 0 aromatic heterocycles. The minimum Gasteiger partial charge on any atom is -0.495 e. The minimum atomic E-state index is 0. The second-order valence-corrected chi connectivity index (χ2v) is 5.01. The second-order valence-electron chi connectivity index (χ2n) is 4.60. The van der Waals surface area contributed by atoms with Crippen molar-refractivity contribution in [3.8, 4) is 5.75 Å².